The number of para-hydroxylation sites is 1. The average molecular weight is 389 g/mol. The summed E-state index contributed by atoms with van der Waals surface area (Å²) in [6.45, 7) is 4.96. The molecule has 0 saturated carbocycles. The molecule has 5 nitrogen and oxygen atoms in total. The van der Waals surface area contributed by atoms with E-state index in [0.29, 0.717) is 35.1 Å². The standard InChI is InChI=1S/C21H25ClN2O3/c1-3-21(20(26)27-4-2)11-14-8-9-18(21)24(14)12-13-10-17(25)15-6-5-7-16(22)19(15)23-13/h5-7,10,14,18H,3-4,8-9,11-12H2,1-2H3,(H,23,25)/t14-,18+,21+/m1/s1. The Labute approximate surface area is 163 Å². The molecule has 1 aromatic heterocycles. The number of benzene rings is 1. The number of aromatic nitrogens is 1. The van der Waals surface area contributed by atoms with Crippen LogP contribution in [0.4, 0.5) is 0 Å². The Balaban J connectivity index is 1.66. The highest BCUT2D eigenvalue weighted by atomic mass is 35.5. The zero-order valence-electron chi connectivity index (χ0n) is 15.8. The van der Waals surface area contributed by atoms with Crippen molar-refractivity contribution in [2.45, 2.75) is 58.2 Å². The van der Waals surface area contributed by atoms with Gasteiger partial charge in [0.2, 0.25) is 0 Å². The number of halogens is 1. The Kier molecular flexibility index (Phi) is 4.77. The van der Waals surface area contributed by atoms with Gasteiger partial charge in [-0.2, -0.15) is 0 Å². The van der Waals surface area contributed by atoms with E-state index >= 15 is 0 Å². The number of nitrogens with one attached hydrogen (secondary N) is 1. The largest absolute Gasteiger partial charge is 0.466 e. The minimum absolute atomic E-state index is 0.0278. The molecule has 1 aromatic carbocycles. The van der Waals surface area contributed by atoms with Gasteiger partial charge in [0.15, 0.2) is 5.43 Å². The summed E-state index contributed by atoms with van der Waals surface area (Å²) < 4.78 is 5.42. The van der Waals surface area contributed by atoms with Gasteiger partial charge in [0.1, 0.15) is 0 Å². The predicted molar refractivity (Wildman–Crippen MR) is 106 cm³/mol. The molecule has 0 radical (unpaired) electrons. The molecule has 2 saturated heterocycles. The number of hydrogen-bond acceptors (Lipinski definition) is 4. The van der Waals surface area contributed by atoms with Crippen molar-refractivity contribution in [2.24, 2.45) is 5.41 Å². The van der Waals surface area contributed by atoms with Crippen LogP contribution in [0.3, 0.4) is 0 Å². The Hall–Kier alpha value is -1.85. The summed E-state index contributed by atoms with van der Waals surface area (Å²) in [4.78, 5) is 31.0. The summed E-state index contributed by atoms with van der Waals surface area (Å²) >= 11 is 6.29. The molecule has 6 heteroatoms. The van der Waals surface area contributed by atoms with Crippen molar-refractivity contribution >= 4 is 28.5 Å². The molecule has 144 valence electrons. The van der Waals surface area contributed by atoms with Crippen molar-refractivity contribution in [1.29, 1.82) is 0 Å². The Morgan fingerprint density at radius 3 is 2.93 bits per heavy atom. The van der Waals surface area contributed by atoms with E-state index in [1.165, 1.54) is 0 Å². The minimum Gasteiger partial charge on any atom is -0.466 e. The van der Waals surface area contributed by atoms with Gasteiger partial charge in [-0.05, 0) is 44.7 Å². The maximum atomic E-state index is 12.7. The third-order valence-corrected chi connectivity index (χ3v) is 6.73. The average Bonchev–Trinajstić information content (AvgIpc) is 3.18. The topological polar surface area (TPSA) is 62.4 Å². The van der Waals surface area contributed by atoms with Crippen LogP contribution in [0.5, 0.6) is 0 Å². The van der Waals surface area contributed by atoms with Crippen LogP contribution in [0.2, 0.25) is 5.02 Å². The predicted octanol–water partition coefficient (Wildman–Crippen LogP) is 3.88. The molecular weight excluding hydrogens is 364 g/mol. The van der Waals surface area contributed by atoms with Crippen LogP contribution in [-0.2, 0) is 16.1 Å². The van der Waals surface area contributed by atoms with E-state index in [1.807, 2.05) is 6.92 Å². The quantitative estimate of drug-likeness (QED) is 0.789. The molecular formula is C21H25ClN2O3. The smallest absolute Gasteiger partial charge is 0.313 e. The van der Waals surface area contributed by atoms with Crippen LogP contribution in [0.1, 0.15) is 45.2 Å². The minimum atomic E-state index is -0.423. The molecule has 3 atom stereocenters. The maximum absolute atomic E-state index is 12.7. The Morgan fingerprint density at radius 2 is 2.19 bits per heavy atom. The fourth-order valence-corrected chi connectivity index (χ4v) is 5.36. The summed E-state index contributed by atoms with van der Waals surface area (Å²) in [5, 5.41) is 1.15. The van der Waals surface area contributed by atoms with E-state index in [2.05, 4.69) is 16.8 Å². The molecule has 2 aliphatic rings. The van der Waals surface area contributed by atoms with Gasteiger partial charge < -0.3 is 9.72 Å². The van der Waals surface area contributed by atoms with Gasteiger partial charge >= 0.3 is 5.97 Å². The third-order valence-electron chi connectivity index (χ3n) is 6.42. The van der Waals surface area contributed by atoms with Crippen molar-refractivity contribution in [1.82, 2.24) is 9.88 Å². The van der Waals surface area contributed by atoms with Crippen molar-refractivity contribution in [3.05, 3.63) is 45.2 Å². The second-order valence-corrected chi connectivity index (χ2v) is 8.08. The maximum Gasteiger partial charge on any atom is 0.313 e. The number of pyridine rings is 1. The number of nitrogens with zero attached hydrogens (tertiary/aromatic N) is 1. The van der Waals surface area contributed by atoms with Crippen molar-refractivity contribution in [2.75, 3.05) is 6.61 Å². The van der Waals surface area contributed by atoms with Gasteiger partial charge in [-0.15, -0.1) is 0 Å². The van der Waals surface area contributed by atoms with Crippen LogP contribution < -0.4 is 5.43 Å². The van der Waals surface area contributed by atoms with Gasteiger partial charge in [0.25, 0.3) is 0 Å². The number of hydrogen-bond donors (Lipinski definition) is 1. The molecule has 3 heterocycles. The van der Waals surface area contributed by atoms with E-state index < -0.39 is 5.41 Å². The zero-order valence-corrected chi connectivity index (χ0v) is 16.5. The van der Waals surface area contributed by atoms with Crippen molar-refractivity contribution in [3.63, 3.8) is 0 Å². The number of esters is 1. The molecule has 2 aliphatic heterocycles. The lowest BCUT2D eigenvalue weighted by atomic mass is 9.72. The third kappa shape index (κ3) is 2.88. The van der Waals surface area contributed by atoms with Gasteiger partial charge in [-0.3, -0.25) is 14.5 Å². The molecule has 0 aliphatic carbocycles. The van der Waals surface area contributed by atoms with E-state index in [0.717, 1.165) is 31.4 Å². The second kappa shape index (κ2) is 6.95. The van der Waals surface area contributed by atoms with E-state index in [1.54, 1.807) is 24.3 Å². The van der Waals surface area contributed by atoms with E-state index in [-0.39, 0.29) is 17.4 Å². The molecule has 4 rings (SSSR count). The molecule has 2 fully saturated rings. The molecule has 2 aromatic rings. The highest BCUT2D eigenvalue weighted by Gasteiger charge is 2.59. The van der Waals surface area contributed by atoms with Crippen LogP contribution in [-0.4, -0.2) is 34.5 Å². The summed E-state index contributed by atoms with van der Waals surface area (Å²) in [6.07, 6.45) is 3.70. The number of aromatic amines is 1. The number of carbonyl (C=O) groups excluding carboxylic acids is 1. The van der Waals surface area contributed by atoms with Gasteiger partial charge in [0, 0.05) is 35.8 Å². The number of rotatable bonds is 5. The lowest BCUT2D eigenvalue weighted by Crippen LogP contribution is -2.44. The number of H-pyrrole nitrogens is 1. The van der Waals surface area contributed by atoms with Crippen LogP contribution in [0.25, 0.3) is 10.9 Å². The first-order chi connectivity index (χ1) is 13.0. The first-order valence-corrected chi connectivity index (χ1v) is 10.1. The second-order valence-electron chi connectivity index (χ2n) is 7.67. The van der Waals surface area contributed by atoms with Gasteiger partial charge in [0.05, 0.1) is 22.6 Å². The van der Waals surface area contributed by atoms with Crippen LogP contribution in [0.15, 0.2) is 29.1 Å². The first-order valence-electron chi connectivity index (χ1n) is 9.73. The highest BCUT2D eigenvalue weighted by molar-refractivity contribution is 6.35. The van der Waals surface area contributed by atoms with Crippen LogP contribution in [0, 0.1) is 5.41 Å². The summed E-state index contributed by atoms with van der Waals surface area (Å²) in [6, 6.07) is 7.53. The van der Waals surface area contributed by atoms with Crippen molar-refractivity contribution < 1.29 is 9.53 Å². The highest BCUT2D eigenvalue weighted by Crippen LogP contribution is 2.52. The van der Waals surface area contributed by atoms with Crippen LogP contribution >= 0.6 is 11.6 Å². The fraction of sp³-hybridized carbons (Fsp3) is 0.524. The Bertz CT molecular complexity index is 941. The summed E-state index contributed by atoms with van der Waals surface area (Å²) in [7, 11) is 0. The SMILES string of the molecule is CCOC(=O)[C@@]1(CC)C[C@H]2CC[C@@H]1N2Cc1cc(=O)c2cccc(Cl)c2[nH]1. The van der Waals surface area contributed by atoms with Gasteiger partial charge in [-0.25, -0.2) is 0 Å². The number of fused-ring (bicyclic) bond motifs is 3. The van der Waals surface area contributed by atoms with Crippen molar-refractivity contribution in [3.8, 4) is 0 Å². The van der Waals surface area contributed by atoms with E-state index in [9.17, 15) is 9.59 Å². The molecule has 0 unspecified atom stereocenters. The normalized spacial score (nSPS) is 27.4. The lowest BCUT2D eigenvalue weighted by Gasteiger charge is -2.34. The molecule has 0 spiro atoms. The first kappa shape index (κ1) is 18.5. The molecule has 1 N–H and O–H groups in total. The zero-order chi connectivity index (χ0) is 19.2. The fourth-order valence-electron chi connectivity index (χ4n) is 5.13. The molecule has 2 bridgehead atoms. The number of ether oxygens (including phenoxy) is 1. The molecule has 0 amide bonds. The summed E-state index contributed by atoms with van der Waals surface area (Å²) in [5.74, 6) is -0.0697. The lowest BCUT2D eigenvalue weighted by molar-refractivity contribution is -0.157. The Morgan fingerprint density at radius 1 is 1.37 bits per heavy atom. The monoisotopic (exact) mass is 388 g/mol. The molecule has 27 heavy (non-hydrogen) atoms. The van der Waals surface area contributed by atoms with E-state index in [4.69, 9.17) is 16.3 Å². The summed E-state index contributed by atoms with van der Waals surface area (Å²) in [5.41, 5.74) is 1.07. The van der Waals surface area contributed by atoms with Gasteiger partial charge in [-0.1, -0.05) is 24.6 Å². The number of carbonyl (C=O) groups is 1.